The second-order valence-electron chi connectivity index (χ2n) is 5.60. The van der Waals surface area contributed by atoms with Crippen molar-refractivity contribution in [2.75, 3.05) is 18.0 Å². The van der Waals surface area contributed by atoms with Gasteiger partial charge in [0.25, 0.3) is 5.91 Å². The summed E-state index contributed by atoms with van der Waals surface area (Å²) in [6.45, 7) is 1.36. The van der Waals surface area contributed by atoms with E-state index < -0.39 is 22.7 Å². The number of nitrogens with one attached hydrogen (secondary N) is 1. The summed E-state index contributed by atoms with van der Waals surface area (Å²) in [7, 11) is 1.90. The zero-order valence-electron chi connectivity index (χ0n) is 12.9. The SMILES string of the molecule is Cn1ccnc1N1CCC(NC(=O)c2ncsc2C(F)(F)F)CC1. The summed E-state index contributed by atoms with van der Waals surface area (Å²) in [5, 5.41) is 2.67. The number of hydrogen-bond acceptors (Lipinski definition) is 5. The minimum Gasteiger partial charge on any atom is -0.348 e. The highest BCUT2D eigenvalue weighted by molar-refractivity contribution is 7.10. The number of carbonyl (C=O) groups is 1. The number of alkyl halides is 3. The van der Waals surface area contributed by atoms with Gasteiger partial charge in [0.2, 0.25) is 5.95 Å². The first-order chi connectivity index (χ1) is 11.4. The number of aryl methyl sites for hydroxylation is 1. The van der Waals surface area contributed by atoms with Gasteiger partial charge in [-0.05, 0) is 12.8 Å². The van der Waals surface area contributed by atoms with Crippen molar-refractivity contribution >= 4 is 23.2 Å². The molecule has 3 rings (SSSR count). The van der Waals surface area contributed by atoms with E-state index in [1.54, 1.807) is 6.20 Å². The Kier molecular flexibility index (Phi) is 4.48. The maximum absolute atomic E-state index is 12.8. The average Bonchev–Trinajstić information content (AvgIpc) is 3.16. The molecule has 1 aliphatic rings. The number of aromatic nitrogens is 3. The van der Waals surface area contributed by atoms with Crippen LogP contribution in [0.1, 0.15) is 28.2 Å². The van der Waals surface area contributed by atoms with Crippen LogP contribution in [0, 0.1) is 0 Å². The Bertz CT molecular complexity index is 718. The van der Waals surface area contributed by atoms with Crippen LogP contribution in [0.4, 0.5) is 19.1 Å². The highest BCUT2D eigenvalue weighted by Crippen LogP contribution is 2.34. The largest absolute Gasteiger partial charge is 0.427 e. The van der Waals surface area contributed by atoms with Gasteiger partial charge >= 0.3 is 6.18 Å². The fraction of sp³-hybridized carbons (Fsp3) is 0.500. The number of amides is 1. The molecule has 130 valence electrons. The molecule has 2 aromatic heterocycles. The molecule has 0 bridgehead atoms. The van der Waals surface area contributed by atoms with Crippen LogP contribution in [-0.4, -0.2) is 39.6 Å². The van der Waals surface area contributed by atoms with E-state index >= 15 is 0 Å². The molecular formula is C14H16F3N5OS. The first-order valence-corrected chi connectivity index (χ1v) is 8.28. The number of rotatable bonds is 3. The molecule has 0 unspecified atom stereocenters. The number of thiazole rings is 1. The molecule has 1 saturated heterocycles. The molecule has 10 heteroatoms. The van der Waals surface area contributed by atoms with Gasteiger partial charge < -0.3 is 14.8 Å². The van der Waals surface area contributed by atoms with Crippen molar-refractivity contribution in [3.8, 4) is 0 Å². The normalized spacial score (nSPS) is 16.4. The molecule has 0 atom stereocenters. The Labute approximate surface area is 140 Å². The van der Waals surface area contributed by atoms with Crippen molar-refractivity contribution in [1.82, 2.24) is 19.9 Å². The van der Waals surface area contributed by atoms with Crippen LogP contribution >= 0.6 is 11.3 Å². The van der Waals surface area contributed by atoms with Gasteiger partial charge in [0.1, 0.15) is 4.88 Å². The van der Waals surface area contributed by atoms with Gasteiger partial charge in [-0.25, -0.2) is 9.97 Å². The van der Waals surface area contributed by atoms with Gasteiger partial charge in [-0.15, -0.1) is 11.3 Å². The number of anilines is 1. The summed E-state index contributed by atoms with van der Waals surface area (Å²) in [5.74, 6) is 0.0812. The molecule has 6 nitrogen and oxygen atoms in total. The molecule has 3 heterocycles. The zero-order valence-corrected chi connectivity index (χ0v) is 13.7. The van der Waals surface area contributed by atoms with Crippen molar-refractivity contribution < 1.29 is 18.0 Å². The van der Waals surface area contributed by atoms with E-state index in [0.29, 0.717) is 37.3 Å². The van der Waals surface area contributed by atoms with E-state index in [0.717, 1.165) is 11.5 Å². The number of hydrogen-bond donors (Lipinski definition) is 1. The number of imidazole rings is 1. The molecule has 2 aromatic rings. The van der Waals surface area contributed by atoms with Crippen LogP contribution < -0.4 is 10.2 Å². The first kappa shape index (κ1) is 16.7. The third-order valence-electron chi connectivity index (χ3n) is 3.95. The fourth-order valence-electron chi connectivity index (χ4n) is 2.75. The highest BCUT2D eigenvalue weighted by atomic mass is 32.1. The predicted molar refractivity (Wildman–Crippen MR) is 83.0 cm³/mol. The Morgan fingerprint density at radius 2 is 2.04 bits per heavy atom. The molecule has 0 radical (unpaired) electrons. The Balaban J connectivity index is 1.60. The summed E-state index contributed by atoms with van der Waals surface area (Å²) >= 11 is 0.431. The monoisotopic (exact) mass is 359 g/mol. The fourth-order valence-corrected chi connectivity index (χ4v) is 3.40. The van der Waals surface area contributed by atoms with Crippen molar-refractivity contribution in [3.63, 3.8) is 0 Å². The lowest BCUT2D eigenvalue weighted by Gasteiger charge is -2.32. The molecule has 0 aliphatic carbocycles. The molecule has 0 aromatic carbocycles. The lowest BCUT2D eigenvalue weighted by atomic mass is 10.1. The Morgan fingerprint density at radius 3 is 2.62 bits per heavy atom. The topological polar surface area (TPSA) is 63.1 Å². The molecule has 0 saturated carbocycles. The number of halogens is 3. The second-order valence-corrected chi connectivity index (χ2v) is 6.46. The van der Waals surface area contributed by atoms with Crippen LogP contribution in [0.15, 0.2) is 17.9 Å². The molecule has 0 spiro atoms. The van der Waals surface area contributed by atoms with Crippen LogP contribution in [0.25, 0.3) is 0 Å². The second kappa shape index (κ2) is 6.42. The van der Waals surface area contributed by atoms with Gasteiger partial charge in [-0.1, -0.05) is 0 Å². The van der Waals surface area contributed by atoms with Crippen LogP contribution in [0.5, 0.6) is 0 Å². The minimum atomic E-state index is -4.56. The van der Waals surface area contributed by atoms with Crippen molar-refractivity contribution in [2.24, 2.45) is 7.05 Å². The lowest BCUT2D eigenvalue weighted by Crippen LogP contribution is -2.45. The summed E-state index contributed by atoms with van der Waals surface area (Å²) in [6, 6.07) is -0.170. The smallest absolute Gasteiger partial charge is 0.348 e. The maximum atomic E-state index is 12.8. The van der Waals surface area contributed by atoms with Crippen LogP contribution in [-0.2, 0) is 13.2 Å². The van der Waals surface area contributed by atoms with Crippen LogP contribution in [0.2, 0.25) is 0 Å². The van der Waals surface area contributed by atoms with Gasteiger partial charge in [-0.3, -0.25) is 4.79 Å². The summed E-state index contributed by atoms with van der Waals surface area (Å²) in [5.41, 5.74) is 0.501. The first-order valence-electron chi connectivity index (χ1n) is 7.40. The van der Waals surface area contributed by atoms with E-state index in [1.807, 2.05) is 17.8 Å². The number of carbonyl (C=O) groups excluding carboxylic acids is 1. The number of nitrogens with zero attached hydrogens (tertiary/aromatic N) is 4. The van der Waals surface area contributed by atoms with E-state index in [1.165, 1.54) is 0 Å². The van der Waals surface area contributed by atoms with E-state index in [-0.39, 0.29) is 6.04 Å². The van der Waals surface area contributed by atoms with Crippen molar-refractivity contribution in [2.45, 2.75) is 25.1 Å². The van der Waals surface area contributed by atoms with Gasteiger partial charge in [0.15, 0.2) is 5.69 Å². The molecule has 1 aliphatic heterocycles. The Morgan fingerprint density at radius 1 is 1.33 bits per heavy atom. The van der Waals surface area contributed by atoms with Gasteiger partial charge in [0, 0.05) is 38.6 Å². The lowest BCUT2D eigenvalue weighted by molar-refractivity contribution is -0.134. The quantitative estimate of drug-likeness (QED) is 0.913. The molecule has 1 amide bonds. The molecule has 24 heavy (non-hydrogen) atoms. The molecule has 1 N–H and O–H groups in total. The third-order valence-corrected chi connectivity index (χ3v) is 4.82. The van der Waals surface area contributed by atoms with E-state index in [4.69, 9.17) is 0 Å². The standard InChI is InChI=1S/C14H16F3N5OS/c1-21-7-4-18-13(21)22-5-2-9(3-6-22)20-12(23)10-11(14(15,16)17)24-8-19-10/h4,7-9H,2-3,5-6H2,1H3,(H,20,23). The minimum absolute atomic E-state index is 0.170. The summed E-state index contributed by atoms with van der Waals surface area (Å²) in [6.07, 6.45) is 0.289. The molecule has 1 fully saturated rings. The zero-order chi connectivity index (χ0) is 17.3. The van der Waals surface area contributed by atoms with E-state index in [2.05, 4.69) is 20.2 Å². The summed E-state index contributed by atoms with van der Waals surface area (Å²) in [4.78, 5) is 21.1. The molecular weight excluding hydrogens is 343 g/mol. The van der Waals surface area contributed by atoms with Gasteiger partial charge in [0.05, 0.1) is 5.51 Å². The van der Waals surface area contributed by atoms with Crippen molar-refractivity contribution in [3.05, 3.63) is 28.5 Å². The predicted octanol–water partition coefficient (Wildman–Crippen LogP) is 2.29. The van der Waals surface area contributed by atoms with Gasteiger partial charge in [-0.2, -0.15) is 13.2 Å². The van der Waals surface area contributed by atoms with Crippen molar-refractivity contribution in [1.29, 1.82) is 0 Å². The number of piperidine rings is 1. The highest BCUT2D eigenvalue weighted by Gasteiger charge is 2.38. The maximum Gasteiger partial charge on any atom is 0.427 e. The Hall–Kier alpha value is -2.10. The summed E-state index contributed by atoms with van der Waals surface area (Å²) < 4.78 is 40.4. The van der Waals surface area contributed by atoms with Crippen LogP contribution in [0.3, 0.4) is 0 Å². The average molecular weight is 359 g/mol. The van der Waals surface area contributed by atoms with E-state index in [9.17, 15) is 18.0 Å². The third kappa shape index (κ3) is 3.37.